The summed E-state index contributed by atoms with van der Waals surface area (Å²) >= 11 is 0. The highest BCUT2D eigenvalue weighted by atomic mass is 32.2. The first kappa shape index (κ1) is 23.4. The van der Waals surface area contributed by atoms with Gasteiger partial charge < -0.3 is 14.5 Å². The number of nitrogens with zero attached hydrogens (tertiary/aromatic N) is 1. The molecule has 3 aromatic carbocycles. The Balaban J connectivity index is 1.83. The van der Waals surface area contributed by atoms with Gasteiger partial charge in [-0.1, -0.05) is 0 Å². The fraction of sp³-hybridized carbons (Fsp3) is 0.125. The molecular formula is C24H19F3N2O4S. The number of halogens is 3. The van der Waals surface area contributed by atoms with Crippen molar-refractivity contribution in [2.45, 2.75) is 16.2 Å². The topological polar surface area (TPSA) is 81.3 Å². The Labute approximate surface area is 193 Å². The number of hydrogen-bond donors (Lipinski definition) is 1. The zero-order valence-electron chi connectivity index (χ0n) is 18.1. The zero-order chi connectivity index (χ0) is 24.5. The van der Waals surface area contributed by atoms with E-state index in [2.05, 4.69) is 9.97 Å². The molecule has 0 aliphatic carbocycles. The van der Waals surface area contributed by atoms with E-state index in [1.807, 2.05) is 0 Å². The van der Waals surface area contributed by atoms with Crippen LogP contribution in [-0.2, 0) is 16.0 Å². The number of ether oxygens (including phenoxy) is 2. The van der Waals surface area contributed by atoms with Gasteiger partial charge in [0, 0.05) is 11.1 Å². The molecule has 0 aliphatic rings. The Morgan fingerprint density at radius 3 is 1.74 bits per heavy atom. The Hall–Kier alpha value is -3.79. The third-order valence-electron chi connectivity index (χ3n) is 5.17. The van der Waals surface area contributed by atoms with E-state index >= 15 is 0 Å². The monoisotopic (exact) mass is 488 g/mol. The summed E-state index contributed by atoms with van der Waals surface area (Å²) in [5, 5.41) is -0.385. The predicted molar refractivity (Wildman–Crippen MR) is 119 cm³/mol. The number of hydrogen-bond acceptors (Lipinski definition) is 5. The number of imidazole rings is 1. The van der Waals surface area contributed by atoms with Crippen LogP contribution in [0.25, 0.3) is 22.5 Å². The fourth-order valence-electron chi connectivity index (χ4n) is 3.34. The molecule has 0 unspecified atom stereocenters. The minimum Gasteiger partial charge on any atom is -0.497 e. The number of rotatable bonds is 6. The van der Waals surface area contributed by atoms with Gasteiger partial charge in [-0.3, -0.25) is 0 Å². The maximum Gasteiger partial charge on any atom is 0.416 e. The van der Waals surface area contributed by atoms with Crippen LogP contribution in [0.15, 0.2) is 82.8 Å². The van der Waals surface area contributed by atoms with Crippen LogP contribution in [0.2, 0.25) is 0 Å². The Morgan fingerprint density at radius 2 is 1.26 bits per heavy atom. The highest BCUT2D eigenvalue weighted by molar-refractivity contribution is 7.91. The lowest BCUT2D eigenvalue weighted by Gasteiger charge is -2.07. The molecule has 0 amide bonds. The summed E-state index contributed by atoms with van der Waals surface area (Å²) in [6.07, 6.45) is -4.57. The number of H-pyrrole nitrogens is 1. The van der Waals surface area contributed by atoms with Gasteiger partial charge in [0.25, 0.3) is 0 Å². The van der Waals surface area contributed by atoms with E-state index < -0.39 is 21.6 Å². The van der Waals surface area contributed by atoms with Gasteiger partial charge in [0.05, 0.1) is 36.1 Å². The average molecular weight is 488 g/mol. The van der Waals surface area contributed by atoms with Crippen LogP contribution in [0.3, 0.4) is 0 Å². The van der Waals surface area contributed by atoms with Gasteiger partial charge in [0.1, 0.15) is 11.5 Å². The highest BCUT2D eigenvalue weighted by Crippen LogP contribution is 2.35. The summed E-state index contributed by atoms with van der Waals surface area (Å²) in [7, 11) is -1.17. The first-order valence-electron chi connectivity index (χ1n) is 9.94. The van der Waals surface area contributed by atoms with Crippen molar-refractivity contribution in [2.75, 3.05) is 14.2 Å². The SMILES string of the molecule is COc1ccc(-c2nc(S(=O)(=O)c3ccc(C(F)(F)F)cc3)[nH]c2-c2ccc(OC)cc2)cc1. The molecule has 4 aromatic rings. The van der Waals surface area contributed by atoms with E-state index in [1.165, 1.54) is 14.2 Å². The summed E-state index contributed by atoms with van der Waals surface area (Å²) < 4.78 is 75.5. The van der Waals surface area contributed by atoms with Crippen LogP contribution >= 0.6 is 0 Å². The first-order chi connectivity index (χ1) is 16.1. The normalized spacial score (nSPS) is 11.9. The molecule has 34 heavy (non-hydrogen) atoms. The van der Waals surface area contributed by atoms with Gasteiger partial charge >= 0.3 is 6.18 Å². The molecule has 0 saturated carbocycles. The third-order valence-corrected chi connectivity index (χ3v) is 6.77. The number of methoxy groups -OCH3 is 2. The molecule has 10 heteroatoms. The minimum absolute atomic E-state index is 0.309. The third kappa shape index (κ3) is 4.49. The second kappa shape index (κ2) is 8.86. The summed E-state index contributed by atoms with van der Waals surface area (Å²) in [5.41, 5.74) is 1.12. The van der Waals surface area contributed by atoms with E-state index in [9.17, 15) is 21.6 Å². The van der Waals surface area contributed by atoms with E-state index in [4.69, 9.17) is 9.47 Å². The van der Waals surface area contributed by atoms with E-state index in [1.54, 1.807) is 48.5 Å². The maximum atomic E-state index is 13.2. The van der Waals surface area contributed by atoms with E-state index in [-0.39, 0.29) is 10.1 Å². The van der Waals surface area contributed by atoms with Crippen LogP contribution in [0, 0.1) is 0 Å². The van der Waals surface area contributed by atoms with E-state index in [0.29, 0.717) is 34.0 Å². The lowest BCUT2D eigenvalue weighted by Crippen LogP contribution is -2.07. The number of sulfone groups is 1. The van der Waals surface area contributed by atoms with Crippen molar-refractivity contribution in [3.05, 3.63) is 78.4 Å². The smallest absolute Gasteiger partial charge is 0.416 e. The zero-order valence-corrected chi connectivity index (χ0v) is 18.9. The van der Waals surface area contributed by atoms with Gasteiger partial charge in [-0.2, -0.15) is 13.2 Å². The molecule has 0 bridgehead atoms. The molecule has 4 rings (SSSR count). The lowest BCUT2D eigenvalue weighted by molar-refractivity contribution is -0.137. The minimum atomic E-state index is -4.57. The van der Waals surface area contributed by atoms with Crippen LogP contribution < -0.4 is 9.47 Å². The van der Waals surface area contributed by atoms with Crippen molar-refractivity contribution >= 4 is 9.84 Å². The largest absolute Gasteiger partial charge is 0.497 e. The van der Waals surface area contributed by atoms with Crippen LogP contribution in [-0.4, -0.2) is 32.6 Å². The van der Waals surface area contributed by atoms with Gasteiger partial charge in [-0.05, 0) is 72.8 Å². The molecule has 0 atom stereocenters. The van der Waals surface area contributed by atoms with Crippen molar-refractivity contribution in [1.82, 2.24) is 9.97 Å². The Bertz CT molecular complexity index is 1330. The maximum absolute atomic E-state index is 13.2. The first-order valence-corrected chi connectivity index (χ1v) is 11.4. The number of alkyl halides is 3. The second-order valence-electron chi connectivity index (χ2n) is 7.25. The molecule has 0 spiro atoms. The Morgan fingerprint density at radius 1 is 0.765 bits per heavy atom. The summed E-state index contributed by atoms with van der Waals surface area (Å²) in [5.74, 6) is 1.23. The van der Waals surface area contributed by atoms with Crippen molar-refractivity contribution in [1.29, 1.82) is 0 Å². The molecular weight excluding hydrogens is 469 g/mol. The Kier molecular flexibility index (Phi) is 6.09. The molecule has 1 heterocycles. The summed E-state index contributed by atoms with van der Waals surface area (Å²) in [6.45, 7) is 0. The molecule has 1 N–H and O–H groups in total. The van der Waals surface area contributed by atoms with Crippen molar-refractivity contribution in [2.24, 2.45) is 0 Å². The van der Waals surface area contributed by atoms with Crippen molar-refractivity contribution < 1.29 is 31.1 Å². The molecule has 6 nitrogen and oxygen atoms in total. The fourth-order valence-corrected chi connectivity index (χ4v) is 4.50. The van der Waals surface area contributed by atoms with Gasteiger partial charge in [-0.25, -0.2) is 13.4 Å². The van der Waals surface area contributed by atoms with Crippen LogP contribution in [0.5, 0.6) is 11.5 Å². The number of aromatic amines is 1. The molecule has 0 radical (unpaired) electrons. The molecule has 0 fully saturated rings. The summed E-state index contributed by atoms with van der Waals surface area (Å²) in [6, 6.07) is 17.1. The number of nitrogens with one attached hydrogen (secondary N) is 1. The average Bonchev–Trinajstić information content (AvgIpc) is 3.30. The lowest BCUT2D eigenvalue weighted by atomic mass is 10.0. The van der Waals surface area contributed by atoms with Crippen LogP contribution in [0.4, 0.5) is 13.2 Å². The highest BCUT2D eigenvalue weighted by Gasteiger charge is 2.31. The molecule has 0 aliphatic heterocycles. The second-order valence-corrected chi connectivity index (χ2v) is 9.11. The van der Waals surface area contributed by atoms with Crippen molar-refractivity contribution in [3.8, 4) is 34.0 Å². The van der Waals surface area contributed by atoms with Gasteiger partial charge in [0.2, 0.25) is 15.0 Å². The molecule has 1 aromatic heterocycles. The number of aromatic nitrogens is 2. The van der Waals surface area contributed by atoms with Crippen molar-refractivity contribution in [3.63, 3.8) is 0 Å². The quantitative estimate of drug-likeness (QED) is 0.381. The van der Waals surface area contributed by atoms with Gasteiger partial charge in [-0.15, -0.1) is 0 Å². The standard InChI is InChI=1S/C24H19F3N2O4S/c1-32-18-9-3-15(4-10-18)21-22(16-5-11-19(33-2)12-6-16)29-23(28-21)34(30,31)20-13-7-17(8-14-20)24(25,26)27/h3-14H,1-2H3,(H,28,29). The summed E-state index contributed by atoms with van der Waals surface area (Å²) in [4.78, 5) is 6.88. The predicted octanol–water partition coefficient (Wildman–Crippen LogP) is 5.61. The molecule has 176 valence electrons. The van der Waals surface area contributed by atoms with Crippen LogP contribution in [0.1, 0.15) is 5.56 Å². The number of benzene rings is 3. The molecule has 0 saturated heterocycles. The van der Waals surface area contributed by atoms with Gasteiger partial charge in [0.15, 0.2) is 0 Å². The van der Waals surface area contributed by atoms with E-state index in [0.717, 1.165) is 24.3 Å².